The summed E-state index contributed by atoms with van der Waals surface area (Å²) in [6.45, 7) is 15.3. The quantitative estimate of drug-likeness (QED) is 0.0805. The molecule has 2 aromatic heterocycles. The number of carbonyl (C=O) groups excluding carboxylic acids is 4. The molecule has 0 fully saturated rings. The highest BCUT2D eigenvalue weighted by Crippen LogP contribution is 2.56. The van der Waals surface area contributed by atoms with Crippen LogP contribution in [0.5, 0.6) is 0 Å². The molecule has 6 aliphatic heterocycles. The van der Waals surface area contributed by atoms with E-state index in [0.717, 1.165) is 134 Å². The predicted octanol–water partition coefficient (Wildman–Crippen LogP) is 12.0. The van der Waals surface area contributed by atoms with Gasteiger partial charge in [0, 0.05) is 94.1 Å². The van der Waals surface area contributed by atoms with Crippen molar-refractivity contribution in [3.8, 4) is 0 Å². The molecule has 0 N–H and O–H groups in total. The maximum atomic E-state index is 13.6. The highest BCUT2D eigenvalue weighted by atomic mass is 16.6. The van der Waals surface area contributed by atoms with Crippen LogP contribution >= 0.6 is 0 Å². The number of benzene rings is 4. The Morgan fingerprint density at radius 1 is 0.469 bits per heavy atom. The molecule has 0 radical (unpaired) electrons. The van der Waals surface area contributed by atoms with Crippen molar-refractivity contribution in [2.45, 2.75) is 118 Å². The molecule has 4 aliphatic carbocycles. The molecule has 1 spiro atoms. The summed E-state index contributed by atoms with van der Waals surface area (Å²) in [7, 11) is 0. The first kappa shape index (κ1) is 48.5. The van der Waals surface area contributed by atoms with Crippen molar-refractivity contribution in [2.24, 2.45) is 23.7 Å². The molecule has 6 aromatic rings. The van der Waals surface area contributed by atoms with Crippen LogP contribution in [0.25, 0.3) is 81.5 Å². The van der Waals surface area contributed by atoms with Crippen LogP contribution in [0.2, 0.25) is 0 Å². The van der Waals surface area contributed by atoms with E-state index in [1.807, 2.05) is 55.4 Å². The first-order chi connectivity index (χ1) is 39.1. The third-order valence-electron chi connectivity index (χ3n) is 18.7. The second-order valence-electron chi connectivity index (χ2n) is 25.0. The van der Waals surface area contributed by atoms with Crippen molar-refractivity contribution in [1.29, 1.82) is 0 Å². The van der Waals surface area contributed by atoms with E-state index in [1.54, 1.807) is 0 Å². The number of carbonyl (C=O) groups is 4. The SMILES string of the molecule is CC(C)C(=O)CC1CC=Cc2cc3c(cc21)C1=[N+]2C3=Cc3c4cc5c(cc4c4n3[C@@]23n2c(c6cc7c(cc6c2=CC2=[N+]3C(=C4)c3cc4c(cc32)C=CCC4OC(=O)C(C)C)C(OC(=O)C(C)C)CC=C7)=C1)C=CCC5OC(=O)C(C)C. The van der Waals surface area contributed by atoms with Crippen LogP contribution in [0.4, 0.5) is 0 Å². The number of ketones is 1. The molecule has 0 saturated heterocycles. The molecule has 16 rings (SSSR count). The van der Waals surface area contributed by atoms with Gasteiger partial charge in [0.25, 0.3) is 0 Å². The molecule has 402 valence electrons. The van der Waals surface area contributed by atoms with Gasteiger partial charge >= 0.3 is 23.8 Å². The summed E-state index contributed by atoms with van der Waals surface area (Å²) in [4.78, 5) is 53.9. The van der Waals surface area contributed by atoms with E-state index < -0.39 is 24.2 Å². The average Bonchev–Trinajstić information content (AvgIpc) is 2.15. The lowest BCUT2D eigenvalue weighted by atomic mass is 9.80. The van der Waals surface area contributed by atoms with Crippen LogP contribution in [0.1, 0.15) is 190 Å². The molecule has 4 aromatic carbocycles. The van der Waals surface area contributed by atoms with E-state index >= 15 is 0 Å². The Hall–Kier alpha value is -8.44. The Labute approximate surface area is 469 Å². The van der Waals surface area contributed by atoms with Crippen molar-refractivity contribution in [3.05, 3.63) is 162 Å². The highest BCUT2D eigenvalue weighted by Gasteiger charge is 2.73. The molecule has 0 bridgehead atoms. The van der Waals surface area contributed by atoms with Crippen molar-refractivity contribution in [2.75, 3.05) is 0 Å². The van der Waals surface area contributed by atoms with Crippen molar-refractivity contribution >= 4 is 117 Å². The summed E-state index contributed by atoms with van der Waals surface area (Å²) in [6, 6.07) is 18.6. The number of aromatic nitrogens is 2. The smallest absolute Gasteiger partial charge is 0.457 e. The average molecular weight is 1070 g/mol. The fraction of sp³-hybridized carbons (Fsp3) is 0.314. The van der Waals surface area contributed by atoms with Crippen LogP contribution < -0.4 is 10.7 Å². The maximum Gasteiger partial charge on any atom is 0.553 e. The summed E-state index contributed by atoms with van der Waals surface area (Å²) in [6.07, 6.45) is 28.6. The Morgan fingerprint density at radius 3 is 1.41 bits per heavy atom. The molecule has 11 nitrogen and oxygen atoms in total. The lowest BCUT2D eigenvalue weighted by Gasteiger charge is -2.37. The van der Waals surface area contributed by atoms with Crippen LogP contribution in [-0.2, 0) is 39.3 Å². The van der Waals surface area contributed by atoms with Gasteiger partial charge in [-0.3, -0.25) is 19.2 Å². The van der Waals surface area contributed by atoms with Crippen LogP contribution in [0.15, 0.2) is 72.8 Å². The number of nitrogens with zero attached hydrogens (tertiary/aromatic N) is 4. The van der Waals surface area contributed by atoms with E-state index in [9.17, 15) is 19.2 Å². The van der Waals surface area contributed by atoms with Crippen LogP contribution in [-0.4, -0.2) is 53.4 Å². The second-order valence-corrected chi connectivity index (χ2v) is 25.0. The summed E-state index contributed by atoms with van der Waals surface area (Å²) in [5.74, 6) is -2.40. The molecule has 4 unspecified atom stereocenters. The zero-order valence-corrected chi connectivity index (χ0v) is 46.8. The Morgan fingerprint density at radius 2 is 0.877 bits per heavy atom. The zero-order chi connectivity index (χ0) is 55.4. The number of Topliss-reactive ketones (excluding diaryl/α,β-unsaturated/α-hetero) is 1. The summed E-state index contributed by atoms with van der Waals surface area (Å²) in [5, 5.41) is 6.36. The number of ether oxygens (including phenoxy) is 3. The van der Waals surface area contributed by atoms with Gasteiger partial charge in [-0.1, -0.05) is 113 Å². The van der Waals surface area contributed by atoms with Gasteiger partial charge in [0.2, 0.25) is 22.8 Å². The summed E-state index contributed by atoms with van der Waals surface area (Å²) >= 11 is 0. The third-order valence-corrected chi connectivity index (χ3v) is 18.7. The minimum Gasteiger partial charge on any atom is -0.457 e. The highest BCUT2D eigenvalue weighted by molar-refractivity contribution is 6.27. The summed E-state index contributed by atoms with van der Waals surface area (Å²) < 4.78 is 29.3. The van der Waals surface area contributed by atoms with E-state index in [1.165, 1.54) is 5.56 Å². The fourth-order valence-electron chi connectivity index (χ4n) is 14.7. The van der Waals surface area contributed by atoms with Gasteiger partial charge in [-0.2, -0.15) is 9.13 Å². The first-order valence-electron chi connectivity index (χ1n) is 29.2. The molecular formula is C70H62N4O7+2. The van der Waals surface area contributed by atoms with Crippen molar-refractivity contribution < 1.29 is 42.5 Å². The van der Waals surface area contributed by atoms with Gasteiger partial charge in [0.1, 0.15) is 24.1 Å². The number of esters is 3. The molecule has 5 atom stereocenters. The van der Waals surface area contributed by atoms with Gasteiger partial charge in [0.05, 0.1) is 62.1 Å². The molecule has 0 amide bonds. The monoisotopic (exact) mass is 1070 g/mol. The number of hydrogen-bond donors (Lipinski definition) is 0. The Bertz CT molecular complexity index is 4470. The molecule has 11 heteroatoms. The fourth-order valence-corrected chi connectivity index (χ4v) is 14.7. The maximum absolute atomic E-state index is 13.6. The Kier molecular flexibility index (Phi) is 10.1. The van der Waals surface area contributed by atoms with Crippen molar-refractivity contribution in [3.63, 3.8) is 0 Å². The lowest BCUT2D eigenvalue weighted by Crippen LogP contribution is -2.69. The molecule has 10 aliphatic rings. The minimum absolute atomic E-state index is 0.0408. The third kappa shape index (κ3) is 6.46. The summed E-state index contributed by atoms with van der Waals surface area (Å²) in [5.41, 5.74) is 19.0. The molecular weight excluding hydrogens is 1010 g/mol. The molecule has 0 saturated carbocycles. The van der Waals surface area contributed by atoms with E-state index in [-0.39, 0.29) is 53.3 Å². The second kappa shape index (κ2) is 16.8. The normalized spacial score (nSPS) is 22.7. The van der Waals surface area contributed by atoms with Crippen LogP contribution in [0.3, 0.4) is 0 Å². The predicted molar refractivity (Wildman–Crippen MR) is 316 cm³/mol. The number of rotatable bonds is 9. The van der Waals surface area contributed by atoms with E-state index in [0.29, 0.717) is 25.7 Å². The first-order valence-corrected chi connectivity index (χ1v) is 29.2. The van der Waals surface area contributed by atoms with E-state index in [2.05, 4.69) is 140 Å². The van der Waals surface area contributed by atoms with Gasteiger partial charge < -0.3 is 14.2 Å². The number of allylic oxidation sites excluding steroid dienone is 1. The van der Waals surface area contributed by atoms with Crippen molar-refractivity contribution in [1.82, 2.24) is 9.13 Å². The lowest BCUT2D eigenvalue weighted by molar-refractivity contribution is -0.805. The largest absolute Gasteiger partial charge is 0.553 e. The minimum atomic E-state index is -1.14. The molecule has 8 heterocycles. The topological polar surface area (TPSA) is 112 Å². The van der Waals surface area contributed by atoms with Crippen LogP contribution in [0, 0.1) is 23.7 Å². The number of fused-ring (bicyclic) bond motifs is 16. The number of hydrogen-bond acceptors (Lipinski definition) is 7. The Balaban J connectivity index is 1.04. The standard InChI is InChI=1S/C70H62N4O7/c1-34(2)63(75)25-42-14-9-13-38-21-47-51(26-43(38)42)59-30-56-48-22-39-15-10-18-64(79-67(76)35(3)4)44(39)27-52(48)61-32-58-50-24-41-17-12-20-66(81-69(78)37(7)8)46(41)29-54(50)62-33-57-49-23-40-16-11-19-65(80-68(77)36(5)6)45(40)28-53(49)60-31-55(47)71(59)70(72(56)61,73(57)60)74(58)62/h9-13,15-17,21-24,26-37,42,64-66H,14,18-20,25H2,1-8H3/q+2/t42?,64?,65?,66?,70-/m0/s1. The van der Waals surface area contributed by atoms with E-state index in [4.69, 9.17) is 14.2 Å². The molecule has 81 heavy (non-hydrogen) atoms. The van der Waals surface area contributed by atoms with Gasteiger partial charge in [-0.05, 0) is 88.7 Å². The van der Waals surface area contributed by atoms with Gasteiger partial charge in [-0.25, -0.2) is 0 Å². The van der Waals surface area contributed by atoms with Gasteiger partial charge in [0.15, 0.2) is 0 Å². The zero-order valence-electron chi connectivity index (χ0n) is 46.8. The van der Waals surface area contributed by atoms with Gasteiger partial charge in [-0.15, -0.1) is 0 Å².